The van der Waals surface area contributed by atoms with Gasteiger partial charge in [-0.2, -0.15) is 4.39 Å². The number of fused-ring (bicyclic) bond motifs is 1. The number of methoxy groups -OCH3 is 1. The summed E-state index contributed by atoms with van der Waals surface area (Å²) < 4.78 is 35.7. The second-order valence-corrected chi connectivity index (χ2v) is 10.3. The van der Waals surface area contributed by atoms with E-state index < -0.39 is 11.6 Å². The van der Waals surface area contributed by atoms with Gasteiger partial charge in [-0.1, -0.05) is 6.92 Å². The van der Waals surface area contributed by atoms with E-state index in [4.69, 9.17) is 4.74 Å². The molecule has 43 heavy (non-hydrogen) atoms. The minimum Gasteiger partial charge on any atom is -0.494 e. The lowest BCUT2D eigenvalue weighted by atomic mass is 9.97. The molecular formula is C31H35F2N7O3. The van der Waals surface area contributed by atoms with Crippen molar-refractivity contribution < 1.29 is 23.1 Å². The first kappa shape index (κ1) is 29.9. The van der Waals surface area contributed by atoms with Gasteiger partial charge in [0.1, 0.15) is 0 Å². The Morgan fingerprint density at radius 1 is 1.07 bits per heavy atom. The normalized spacial score (nSPS) is 13.6. The molecule has 226 valence electrons. The smallest absolute Gasteiger partial charge is 0.251 e. The van der Waals surface area contributed by atoms with E-state index in [9.17, 15) is 18.4 Å². The summed E-state index contributed by atoms with van der Waals surface area (Å²) in [5, 5.41) is 12.4. The number of rotatable bonds is 11. The van der Waals surface area contributed by atoms with E-state index in [1.54, 1.807) is 22.7 Å². The van der Waals surface area contributed by atoms with Gasteiger partial charge in [-0.05, 0) is 74.7 Å². The Balaban J connectivity index is 1.23. The van der Waals surface area contributed by atoms with Gasteiger partial charge in [0.25, 0.3) is 5.91 Å². The van der Waals surface area contributed by atoms with Crippen LogP contribution in [0.3, 0.4) is 0 Å². The number of halogens is 2. The second-order valence-electron chi connectivity index (χ2n) is 10.3. The Morgan fingerprint density at radius 3 is 2.63 bits per heavy atom. The minimum atomic E-state index is -1.07. The van der Waals surface area contributed by atoms with Crippen molar-refractivity contribution in [3.63, 3.8) is 0 Å². The Hall–Kier alpha value is -4.58. The van der Waals surface area contributed by atoms with E-state index in [2.05, 4.69) is 31.2 Å². The van der Waals surface area contributed by atoms with Crippen molar-refractivity contribution >= 4 is 29.0 Å². The van der Waals surface area contributed by atoms with Crippen LogP contribution in [0, 0.1) is 17.6 Å². The first-order valence-corrected chi connectivity index (χ1v) is 14.4. The van der Waals surface area contributed by atoms with E-state index in [0.717, 1.165) is 31.5 Å². The number of aryl methyl sites for hydroxylation is 1. The van der Waals surface area contributed by atoms with E-state index in [1.165, 1.54) is 31.6 Å². The van der Waals surface area contributed by atoms with Crippen LogP contribution in [0.4, 0.5) is 20.3 Å². The van der Waals surface area contributed by atoms with Crippen LogP contribution in [0.15, 0.2) is 48.9 Å². The summed E-state index contributed by atoms with van der Waals surface area (Å²) in [6.07, 6.45) is 7.58. The van der Waals surface area contributed by atoms with E-state index in [-0.39, 0.29) is 29.0 Å². The van der Waals surface area contributed by atoms with E-state index in [1.807, 2.05) is 13.0 Å². The topological polar surface area (TPSA) is 122 Å². The highest BCUT2D eigenvalue weighted by atomic mass is 19.2. The van der Waals surface area contributed by atoms with Gasteiger partial charge in [0.2, 0.25) is 11.7 Å². The largest absolute Gasteiger partial charge is 0.494 e. The zero-order valence-corrected chi connectivity index (χ0v) is 24.2. The fourth-order valence-corrected chi connectivity index (χ4v) is 5.24. The summed E-state index contributed by atoms with van der Waals surface area (Å²) in [5.74, 6) is -1.90. The highest BCUT2D eigenvalue weighted by Crippen LogP contribution is 2.31. The highest BCUT2D eigenvalue weighted by Gasteiger charge is 2.21. The van der Waals surface area contributed by atoms with Crippen molar-refractivity contribution in [1.82, 2.24) is 30.3 Å². The molecule has 4 aromatic rings. The monoisotopic (exact) mass is 591 g/mol. The third-order valence-electron chi connectivity index (χ3n) is 7.61. The van der Waals surface area contributed by atoms with Gasteiger partial charge in [-0.3, -0.25) is 14.0 Å². The molecule has 12 heteroatoms. The first-order chi connectivity index (χ1) is 20.9. The minimum absolute atomic E-state index is 0.0377. The molecule has 1 aliphatic heterocycles. The molecule has 5 rings (SSSR count). The Kier molecular flexibility index (Phi) is 9.45. The van der Waals surface area contributed by atoms with Gasteiger partial charge in [0.15, 0.2) is 23.0 Å². The van der Waals surface area contributed by atoms with Crippen LogP contribution in [-0.4, -0.2) is 59.5 Å². The maximum Gasteiger partial charge on any atom is 0.251 e. The predicted molar refractivity (Wildman–Crippen MR) is 160 cm³/mol. The van der Waals surface area contributed by atoms with Crippen molar-refractivity contribution in [2.75, 3.05) is 38.6 Å². The zero-order valence-electron chi connectivity index (χ0n) is 24.2. The molecule has 0 unspecified atom stereocenters. The van der Waals surface area contributed by atoms with Crippen molar-refractivity contribution in [1.29, 1.82) is 0 Å². The molecule has 1 saturated heterocycles. The lowest BCUT2D eigenvalue weighted by Crippen LogP contribution is -2.39. The molecule has 1 aliphatic rings. The molecule has 2 aromatic carbocycles. The third-order valence-corrected chi connectivity index (χ3v) is 7.61. The van der Waals surface area contributed by atoms with Gasteiger partial charge in [-0.15, -0.1) is 0 Å². The van der Waals surface area contributed by atoms with Crippen LogP contribution in [0.25, 0.3) is 16.9 Å². The molecule has 0 spiro atoms. The molecule has 1 fully saturated rings. The Labute approximate surface area is 248 Å². The predicted octanol–water partition coefficient (Wildman–Crippen LogP) is 4.22. The standard InChI is InChI=1S/C31H35F2N7O3/c1-3-19-17-21(5-6-22(19)31(42)37-12-4-11-36-30(41)20-9-13-34-14-10-20)39-28-29-38-18-24(40(29)16-15-35-28)23-7-8-25(43-2)27(33)26(23)32/h5-8,15-18,20,34H,3-4,9-14H2,1-2H3,(H,35,39)(H,36,41)(H,37,42). The molecular weight excluding hydrogens is 556 g/mol. The van der Waals surface area contributed by atoms with Crippen LogP contribution in [-0.2, 0) is 11.2 Å². The number of imidazole rings is 1. The summed E-state index contributed by atoms with van der Waals surface area (Å²) in [6, 6.07) is 8.22. The number of piperidine rings is 1. The third kappa shape index (κ3) is 6.59. The Bertz CT molecular complexity index is 1620. The molecule has 10 nitrogen and oxygen atoms in total. The van der Waals surface area contributed by atoms with Crippen molar-refractivity contribution in [2.45, 2.75) is 32.6 Å². The fraction of sp³-hybridized carbons (Fsp3) is 0.355. The lowest BCUT2D eigenvalue weighted by molar-refractivity contribution is -0.125. The molecule has 2 amide bonds. The number of aromatic nitrogens is 3. The van der Waals surface area contributed by atoms with E-state index >= 15 is 0 Å². The lowest BCUT2D eigenvalue weighted by Gasteiger charge is -2.21. The average molecular weight is 592 g/mol. The molecule has 0 saturated carbocycles. The van der Waals surface area contributed by atoms with Crippen LogP contribution in [0.2, 0.25) is 0 Å². The van der Waals surface area contributed by atoms with Crippen molar-refractivity contribution in [2.24, 2.45) is 5.92 Å². The number of benzene rings is 2. The Morgan fingerprint density at radius 2 is 1.86 bits per heavy atom. The summed E-state index contributed by atoms with van der Waals surface area (Å²) in [7, 11) is 1.28. The number of amides is 2. The first-order valence-electron chi connectivity index (χ1n) is 14.4. The molecule has 0 radical (unpaired) electrons. The number of nitrogens with zero attached hydrogens (tertiary/aromatic N) is 3. The molecule has 3 heterocycles. The van der Waals surface area contributed by atoms with Crippen LogP contribution >= 0.6 is 0 Å². The van der Waals surface area contributed by atoms with Crippen LogP contribution in [0.1, 0.15) is 42.1 Å². The van der Waals surface area contributed by atoms with Crippen LogP contribution in [0.5, 0.6) is 5.75 Å². The van der Waals surface area contributed by atoms with Gasteiger partial charge < -0.3 is 26.0 Å². The summed E-state index contributed by atoms with van der Waals surface area (Å²) in [6.45, 7) is 4.66. The molecule has 2 aromatic heterocycles. The average Bonchev–Trinajstić information content (AvgIpc) is 3.47. The van der Waals surface area contributed by atoms with Gasteiger partial charge >= 0.3 is 0 Å². The number of carbonyl (C=O) groups excluding carboxylic acids is 2. The number of ether oxygens (including phenoxy) is 1. The van der Waals surface area contributed by atoms with Gasteiger partial charge in [0, 0.05) is 48.2 Å². The highest BCUT2D eigenvalue weighted by molar-refractivity contribution is 5.96. The number of hydrogen-bond acceptors (Lipinski definition) is 7. The quantitative estimate of drug-likeness (QED) is 0.193. The second kappa shape index (κ2) is 13.6. The van der Waals surface area contributed by atoms with Gasteiger partial charge in [-0.25, -0.2) is 14.4 Å². The van der Waals surface area contributed by atoms with E-state index in [0.29, 0.717) is 54.3 Å². The number of nitrogens with one attached hydrogen (secondary N) is 4. The summed E-state index contributed by atoms with van der Waals surface area (Å²) in [4.78, 5) is 34.0. The number of hydrogen-bond donors (Lipinski definition) is 4. The maximum atomic E-state index is 14.8. The van der Waals surface area contributed by atoms with Crippen molar-refractivity contribution in [3.05, 3.63) is 71.7 Å². The molecule has 0 bridgehead atoms. The molecule has 0 aliphatic carbocycles. The van der Waals surface area contributed by atoms with Gasteiger partial charge in [0.05, 0.1) is 19.0 Å². The van der Waals surface area contributed by atoms with Crippen molar-refractivity contribution in [3.8, 4) is 17.0 Å². The number of anilines is 2. The summed E-state index contributed by atoms with van der Waals surface area (Å²) >= 11 is 0. The fourth-order valence-electron chi connectivity index (χ4n) is 5.24. The zero-order chi connectivity index (χ0) is 30.3. The molecule has 4 N–H and O–H groups in total. The van der Waals surface area contributed by atoms with Crippen LogP contribution < -0.4 is 26.0 Å². The maximum absolute atomic E-state index is 14.8. The SMILES string of the molecule is CCc1cc(Nc2nccn3c(-c4ccc(OC)c(F)c4F)cnc23)ccc1C(=O)NCCCNC(=O)C1CCNCC1. The molecule has 0 atom stereocenters. The number of carbonyl (C=O) groups is 2. The summed E-state index contributed by atoms with van der Waals surface area (Å²) in [5.41, 5.74) is 2.91.